The molecule has 0 bridgehead atoms. The maximum absolute atomic E-state index is 12.8. The summed E-state index contributed by atoms with van der Waals surface area (Å²) in [5.74, 6) is 0.826. The van der Waals surface area contributed by atoms with Crippen LogP contribution in [0, 0.1) is 0 Å². The maximum Gasteiger partial charge on any atom is 0.279 e. The number of hydrogen-bond donors (Lipinski definition) is 0. The number of aromatic nitrogens is 1. The molecule has 6 heteroatoms. The van der Waals surface area contributed by atoms with Gasteiger partial charge in [0.15, 0.2) is 16.3 Å². The summed E-state index contributed by atoms with van der Waals surface area (Å²) >= 11 is 1.61. The number of hydrogen-bond acceptors (Lipinski definition) is 4. The summed E-state index contributed by atoms with van der Waals surface area (Å²) in [7, 11) is 3.13. The fraction of sp³-hybridized carbons (Fsp3) is 0.273. The van der Waals surface area contributed by atoms with Gasteiger partial charge < -0.3 is 14.0 Å². The van der Waals surface area contributed by atoms with Crippen LogP contribution in [0.25, 0.3) is 11.3 Å². The second-order valence-electron chi connectivity index (χ2n) is 6.54. The molecule has 28 heavy (non-hydrogen) atoms. The first-order valence-corrected chi connectivity index (χ1v) is 10.1. The molecular formula is C22H22N2O3S. The lowest BCUT2D eigenvalue weighted by Crippen LogP contribution is -2.18. The summed E-state index contributed by atoms with van der Waals surface area (Å²) in [6.45, 7) is 2.85. The van der Waals surface area contributed by atoms with Crippen LogP contribution in [-0.4, -0.2) is 24.7 Å². The molecule has 0 spiro atoms. The van der Waals surface area contributed by atoms with Crippen molar-refractivity contribution in [3.63, 3.8) is 0 Å². The molecule has 2 aromatic carbocycles. The summed E-state index contributed by atoms with van der Waals surface area (Å²) < 4.78 is 12.7. The molecule has 0 saturated heterocycles. The summed E-state index contributed by atoms with van der Waals surface area (Å²) in [5, 5.41) is 0. The fourth-order valence-corrected chi connectivity index (χ4v) is 4.84. The lowest BCUT2D eigenvalue weighted by molar-refractivity contribution is 0.0997. The van der Waals surface area contributed by atoms with E-state index in [1.54, 1.807) is 43.8 Å². The first-order valence-electron chi connectivity index (χ1n) is 9.28. The largest absolute Gasteiger partial charge is 0.493 e. The number of ether oxygens (including phenoxy) is 2. The molecule has 0 atom stereocenters. The Morgan fingerprint density at radius 2 is 1.89 bits per heavy atom. The third-order valence-electron chi connectivity index (χ3n) is 5.02. The Hall–Kier alpha value is -2.86. The minimum Gasteiger partial charge on any atom is -0.493 e. The number of aryl methyl sites for hydroxylation is 2. The van der Waals surface area contributed by atoms with Crippen molar-refractivity contribution >= 4 is 17.2 Å². The minimum absolute atomic E-state index is 0.282. The molecule has 0 unspecified atom stereocenters. The molecule has 1 aliphatic carbocycles. The molecule has 1 amide bonds. The average molecular weight is 394 g/mol. The van der Waals surface area contributed by atoms with Crippen LogP contribution in [0.5, 0.6) is 11.5 Å². The van der Waals surface area contributed by atoms with E-state index in [2.05, 4.69) is 40.7 Å². The highest BCUT2D eigenvalue weighted by atomic mass is 32.1. The van der Waals surface area contributed by atoms with E-state index in [0.717, 1.165) is 24.2 Å². The van der Waals surface area contributed by atoms with Gasteiger partial charge in [0.05, 0.1) is 19.9 Å². The van der Waals surface area contributed by atoms with Crippen LogP contribution in [0.2, 0.25) is 0 Å². The standard InChI is InChI=1S/C22H22N2O3S/c1-4-24-20-16-8-6-5-7-14(16)10-12-19(20)28-22(24)23-21(25)15-9-11-17(26-2)18(13-15)27-3/h5-9,11,13H,4,10,12H2,1-3H3. The van der Waals surface area contributed by atoms with Gasteiger partial charge in [-0.15, -0.1) is 11.3 Å². The molecule has 3 aromatic rings. The van der Waals surface area contributed by atoms with E-state index in [4.69, 9.17) is 9.47 Å². The molecule has 0 radical (unpaired) electrons. The van der Waals surface area contributed by atoms with Crippen LogP contribution in [0.3, 0.4) is 0 Å². The Morgan fingerprint density at radius 3 is 2.64 bits per heavy atom. The Morgan fingerprint density at radius 1 is 1.11 bits per heavy atom. The van der Waals surface area contributed by atoms with E-state index < -0.39 is 0 Å². The number of carbonyl (C=O) groups excluding carboxylic acids is 1. The number of fused-ring (bicyclic) bond motifs is 3. The zero-order chi connectivity index (χ0) is 19.7. The van der Waals surface area contributed by atoms with Crippen LogP contribution >= 0.6 is 11.3 Å². The second-order valence-corrected chi connectivity index (χ2v) is 7.61. The molecule has 4 rings (SSSR count). The van der Waals surface area contributed by atoms with Crippen LogP contribution in [0.1, 0.15) is 27.7 Å². The highest BCUT2D eigenvalue weighted by Crippen LogP contribution is 2.35. The summed E-state index contributed by atoms with van der Waals surface area (Å²) in [6, 6.07) is 13.6. The number of carbonyl (C=O) groups is 1. The number of amides is 1. The van der Waals surface area contributed by atoms with Crippen LogP contribution in [0.15, 0.2) is 47.5 Å². The van der Waals surface area contributed by atoms with Gasteiger partial charge in [-0.25, -0.2) is 0 Å². The molecule has 5 nitrogen and oxygen atoms in total. The van der Waals surface area contributed by atoms with Crippen molar-refractivity contribution in [2.75, 3.05) is 14.2 Å². The first kappa shape index (κ1) is 18.5. The van der Waals surface area contributed by atoms with E-state index in [1.165, 1.54) is 21.7 Å². The third-order valence-corrected chi connectivity index (χ3v) is 6.16. The van der Waals surface area contributed by atoms with Crippen molar-refractivity contribution in [3.8, 4) is 22.8 Å². The fourth-order valence-electron chi connectivity index (χ4n) is 3.64. The number of nitrogens with zero attached hydrogens (tertiary/aromatic N) is 2. The van der Waals surface area contributed by atoms with E-state index in [9.17, 15) is 4.79 Å². The lowest BCUT2D eigenvalue weighted by Gasteiger charge is -2.17. The van der Waals surface area contributed by atoms with Gasteiger partial charge in [0.1, 0.15) is 0 Å². The van der Waals surface area contributed by atoms with E-state index >= 15 is 0 Å². The summed E-state index contributed by atoms with van der Waals surface area (Å²) in [5.41, 5.74) is 4.29. The monoisotopic (exact) mass is 394 g/mol. The van der Waals surface area contributed by atoms with Crippen molar-refractivity contribution < 1.29 is 14.3 Å². The molecule has 0 fully saturated rings. The SMILES string of the molecule is CCn1c2c(sc1=NC(=O)c1ccc(OC)c(OC)c1)CCc1ccccc1-2. The number of rotatable bonds is 4. The van der Waals surface area contributed by atoms with Gasteiger partial charge in [-0.05, 0) is 43.5 Å². The molecule has 1 aliphatic rings. The summed E-state index contributed by atoms with van der Waals surface area (Å²) in [6.07, 6.45) is 2.01. The van der Waals surface area contributed by atoms with Crippen LogP contribution in [-0.2, 0) is 19.4 Å². The second kappa shape index (κ2) is 7.64. The highest BCUT2D eigenvalue weighted by molar-refractivity contribution is 7.09. The molecule has 0 saturated carbocycles. The molecule has 0 N–H and O–H groups in total. The molecule has 1 heterocycles. The van der Waals surface area contributed by atoms with Crippen LogP contribution < -0.4 is 14.3 Å². The van der Waals surface area contributed by atoms with Crippen molar-refractivity contribution in [2.45, 2.75) is 26.3 Å². The molecular weight excluding hydrogens is 372 g/mol. The van der Waals surface area contributed by atoms with Crippen molar-refractivity contribution in [3.05, 3.63) is 63.3 Å². The van der Waals surface area contributed by atoms with Crippen molar-refractivity contribution in [1.29, 1.82) is 0 Å². The highest BCUT2D eigenvalue weighted by Gasteiger charge is 2.22. The van der Waals surface area contributed by atoms with Gasteiger partial charge in [-0.2, -0.15) is 4.99 Å². The Balaban J connectivity index is 1.80. The predicted molar refractivity (Wildman–Crippen MR) is 110 cm³/mol. The lowest BCUT2D eigenvalue weighted by atomic mass is 9.93. The quantitative estimate of drug-likeness (QED) is 0.670. The van der Waals surface area contributed by atoms with Crippen molar-refractivity contribution in [1.82, 2.24) is 4.57 Å². The van der Waals surface area contributed by atoms with Gasteiger partial charge in [0.25, 0.3) is 5.91 Å². The minimum atomic E-state index is -0.282. The summed E-state index contributed by atoms with van der Waals surface area (Å²) in [4.78, 5) is 19.3. The van der Waals surface area contributed by atoms with Crippen LogP contribution in [0.4, 0.5) is 0 Å². The van der Waals surface area contributed by atoms with Gasteiger partial charge in [-0.3, -0.25) is 4.79 Å². The molecule has 1 aromatic heterocycles. The zero-order valence-corrected chi connectivity index (χ0v) is 17.0. The predicted octanol–water partition coefficient (Wildman–Crippen LogP) is 4.09. The maximum atomic E-state index is 12.8. The zero-order valence-electron chi connectivity index (χ0n) is 16.2. The normalized spacial score (nSPS) is 13.0. The van der Waals surface area contributed by atoms with Gasteiger partial charge in [0, 0.05) is 22.5 Å². The van der Waals surface area contributed by atoms with E-state index in [1.807, 2.05) is 0 Å². The smallest absolute Gasteiger partial charge is 0.279 e. The third kappa shape index (κ3) is 3.14. The van der Waals surface area contributed by atoms with Gasteiger partial charge >= 0.3 is 0 Å². The van der Waals surface area contributed by atoms with E-state index in [-0.39, 0.29) is 5.91 Å². The topological polar surface area (TPSA) is 52.8 Å². The molecule has 0 aliphatic heterocycles. The van der Waals surface area contributed by atoms with Crippen molar-refractivity contribution in [2.24, 2.45) is 4.99 Å². The average Bonchev–Trinajstić information content (AvgIpc) is 3.10. The Labute approximate surface area is 167 Å². The Bertz CT molecular complexity index is 1110. The number of methoxy groups -OCH3 is 2. The Kier molecular flexibility index (Phi) is 5.05. The van der Waals surface area contributed by atoms with Gasteiger partial charge in [-0.1, -0.05) is 24.3 Å². The number of thiazole rings is 1. The van der Waals surface area contributed by atoms with E-state index in [0.29, 0.717) is 17.1 Å². The van der Waals surface area contributed by atoms with Gasteiger partial charge in [0.2, 0.25) is 0 Å². The molecule has 144 valence electrons. The number of benzene rings is 2. The first-order chi connectivity index (χ1) is 13.7.